The highest BCUT2D eigenvalue weighted by Crippen LogP contribution is 2.40. The van der Waals surface area contributed by atoms with Crippen LogP contribution in [0.3, 0.4) is 0 Å². The van der Waals surface area contributed by atoms with Crippen LogP contribution in [0.25, 0.3) is 22.4 Å². The van der Waals surface area contributed by atoms with E-state index in [2.05, 4.69) is 21.3 Å². The van der Waals surface area contributed by atoms with E-state index in [0.717, 1.165) is 46.5 Å². The second kappa shape index (κ2) is 4.92. The number of fused-ring (bicyclic) bond motifs is 3. The third-order valence-electron chi connectivity index (χ3n) is 4.17. The van der Waals surface area contributed by atoms with Crippen molar-refractivity contribution in [3.8, 4) is 28.5 Å². The number of nitrogens with two attached hydrogens (primary N) is 1. The number of pyridine rings is 1. The van der Waals surface area contributed by atoms with Crippen LogP contribution in [-0.2, 0) is 12.8 Å². The van der Waals surface area contributed by atoms with E-state index in [1.807, 2.05) is 0 Å². The van der Waals surface area contributed by atoms with Crippen molar-refractivity contribution in [2.75, 3.05) is 5.73 Å². The summed E-state index contributed by atoms with van der Waals surface area (Å²) >= 11 is 0. The Labute approximate surface area is 131 Å². The molecule has 112 valence electrons. The summed E-state index contributed by atoms with van der Waals surface area (Å²) in [4.78, 5) is 4.42. The number of aryl methyl sites for hydroxylation is 1. The van der Waals surface area contributed by atoms with Gasteiger partial charge in [0.2, 0.25) is 0 Å². The van der Waals surface area contributed by atoms with Crippen LogP contribution in [0, 0.1) is 17.1 Å². The highest BCUT2D eigenvalue weighted by Gasteiger charge is 2.26. The predicted molar refractivity (Wildman–Crippen MR) is 83.7 cm³/mol. The number of rotatable bonds is 1. The summed E-state index contributed by atoms with van der Waals surface area (Å²) in [7, 11) is 0. The zero-order valence-corrected chi connectivity index (χ0v) is 12.1. The molecule has 0 radical (unpaired) electrons. The molecule has 0 amide bonds. The topological polar surface area (TPSA) is 91.4 Å². The Morgan fingerprint density at radius 1 is 1.22 bits per heavy atom. The second-order valence-corrected chi connectivity index (χ2v) is 5.46. The van der Waals surface area contributed by atoms with E-state index >= 15 is 0 Å². The fraction of sp³-hybridized carbons (Fsp3) is 0.118. The highest BCUT2D eigenvalue weighted by molar-refractivity contribution is 5.85. The van der Waals surface area contributed by atoms with E-state index in [-0.39, 0.29) is 11.6 Å². The molecule has 6 heteroatoms. The van der Waals surface area contributed by atoms with Crippen molar-refractivity contribution in [3.63, 3.8) is 0 Å². The first kappa shape index (κ1) is 13.5. The van der Waals surface area contributed by atoms with Gasteiger partial charge in [-0.05, 0) is 36.1 Å². The van der Waals surface area contributed by atoms with Gasteiger partial charge in [0.1, 0.15) is 23.3 Å². The van der Waals surface area contributed by atoms with Crippen molar-refractivity contribution in [2.24, 2.45) is 0 Å². The number of aromatic amines is 1. The molecule has 2 aromatic heterocycles. The van der Waals surface area contributed by atoms with Crippen molar-refractivity contribution < 1.29 is 4.39 Å². The van der Waals surface area contributed by atoms with Crippen molar-refractivity contribution in [1.29, 1.82) is 5.26 Å². The van der Waals surface area contributed by atoms with Gasteiger partial charge in [-0.15, -0.1) is 0 Å². The van der Waals surface area contributed by atoms with Gasteiger partial charge in [0.25, 0.3) is 0 Å². The smallest absolute Gasteiger partial charge is 0.142 e. The Balaban J connectivity index is 2.06. The number of aromatic nitrogens is 3. The summed E-state index contributed by atoms with van der Waals surface area (Å²) in [6.07, 6.45) is 3.23. The number of nitriles is 1. The molecule has 2 heterocycles. The van der Waals surface area contributed by atoms with Crippen LogP contribution in [0.1, 0.15) is 16.8 Å². The fourth-order valence-corrected chi connectivity index (χ4v) is 3.11. The summed E-state index contributed by atoms with van der Waals surface area (Å²) in [5.74, 6) is -0.139. The minimum Gasteiger partial charge on any atom is -0.383 e. The van der Waals surface area contributed by atoms with Gasteiger partial charge in [0, 0.05) is 16.8 Å². The Morgan fingerprint density at radius 2 is 2.00 bits per heavy atom. The molecule has 1 aliphatic rings. The summed E-state index contributed by atoms with van der Waals surface area (Å²) in [5.41, 5.74) is 11.5. The van der Waals surface area contributed by atoms with Crippen LogP contribution < -0.4 is 5.73 Å². The van der Waals surface area contributed by atoms with Gasteiger partial charge in [0.05, 0.1) is 11.9 Å². The zero-order chi connectivity index (χ0) is 16.0. The third kappa shape index (κ3) is 1.98. The summed E-state index contributed by atoms with van der Waals surface area (Å²) in [6, 6.07) is 8.23. The predicted octanol–water partition coefficient (Wildman–Crippen LogP) is 2.83. The Hall–Kier alpha value is -3.20. The molecule has 0 unspecified atom stereocenters. The SMILES string of the molecule is N#Cc1c(N)nc2c(c1-c1ccc(F)cc1)CCc1[nH]ncc1-2. The fourth-order valence-electron chi connectivity index (χ4n) is 3.11. The molecular formula is C17H12FN5. The van der Waals surface area contributed by atoms with Gasteiger partial charge in [0.15, 0.2) is 0 Å². The maximum atomic E-state index is 13.2. The van der Waals surface area contributed by atoms with Crippen molar-refractivity contribution in [2.45, 2.75) is 12.8 Å². The molecule has 0 bridgehead atoms. The molecule has 0 saturated heterocycles. The molecule has 5 nitrogen and oxygen atoms in total. The molecule has 0 saturated carbocycles. The minimum atomic E-state index is -0.319. The van der Waals surface area contributed by atoms with Crippen molar-refractivity contribution >= 4 is 5.82 Å². The van der Waals surface area contributed by atoms with Crippen LogP contribution >= 0.6 is 0 Å². The molecular weight excluding hydrogens is 293 g/mol. The lowest BCUT2D eigenvalue weighted by Crippen LogP contribution is -2.11. The largest absolute Gasteiger partial charge is 0.383 e. The Kier molecular flexibility index (Phi) is 2.88. The number of benzene rings is 1. The van der Waals surface area contributed by atoms with E-state index in [0.29, 0.717) is 5.56 Å². The zero-order valence-electron chi connectivity index (χ0n) is 12.1. The first-order chi connectivity index (χ1) is 11.2. The van der Waals surface area contributed by atoms with E-state index in [1.165, 1.54) is 12.1 Å². The van der Waals surface area contributed by atoms with Crippen molar-refractivity contribution in [3.05, 3.63) is 53.1 Å². The lowest BCUT2D eigenvalue weighted by Gasteiger charge is -2.21. The number of hydrogen-bond acceptors (Lipinski definition) is 4. The molecule has 0 aliphatic heterocycles. The number of nitrogens with one attached hydrogen (secondary N) is 1. The molecule has 3 N–H and O–H groups in total. The number of halogens is 1. The van der Waals surface area contributed by atoms with Crippen molar-refractivity contribution in [1.82, 2.24) is 15.2 Å². The second-order valence-electron chi connectivity index (χ2n) is 5.46. The molecule has 1 aromatic carbocycles. The van der Waals surface area contributed by atoms with Crippen LogP contribution in [0.4, 0.5) is 10.2 Å². The average molecular weight is 305 g/mol. The van der Waals surface area contributed by atoms with E-state index < -0.39 is 0 Å². The van der Waals surface area contributed by atoms with Gasteiger partial charge in [-0.3, -0.25) is 5.10 Å². The summed E-state index contributed by atoms with van der Waals surface area (Å²) in [6.45, 7) is 0. The van der Waals surface area contributed by atoms with Crippen LogP contribution in [0.2, 0.25) is 0 Å². The molecule has 23 heavy (non-hydrogen) atoms. The standard InChI is InChI=1S/C17H12FN5/c18-10-3-1-9(2-4-10)15-11-5-6-14-13(8-21-23-14)16(11)22-17(20)12(15)7-19/h1-4,8H,5-6H2,(H2,20,22)(H,21,23). The molecule has 0 atom stereocenters. The number of H-pyrrole nitrogens is 1. The number of nitrogens with zero attached hydrogens (tertiary/aromatic N) is 3. The Morgan fingerprint density at radius 3 is 2.74 bits per heavy atom. The van der Waals surface area contributed by atoms with Gasteiger partial charge < -0.3 is 5.73 Å². The maximum Gasteiger partial charge on any atom is 0.142 e. The molecule has 3 aromatic rings. The number of hydrogen-bond donors (Lipinski definition) is 2. The molecule has 0 spiro atoms. The third-order valence-corrected chi connectivity index (χ3v) is 4.17. The molecule has 0 fully saturated rings. The van der Waals surface area contributed by atoms with Gasteiger partial charge in [-0.1, -0.05) is 12.1 Å². The van der Waals surface area contributed by atoms with Crippen LogP contribution in [0.5, 0.6) is 0 Å². The highest BCUT2D eigenvalue weighted by atomic mass is 19.1. The first-order valence-electron chi connectivity index (χ1n) is 7.20. The van der Waals surface area contributed by atoms with E-state index in [4.69, 9.17) is 5.73 Å². The van der Waals surface area contributed by atoms with Gasteiger partial charge in [-0.2, -0.15) is 10.4 Å². The Bertz CT molecular complexity index is 950. The number of anilines is 1. The normalized spacial score (nSPS) is 12.3. The van der Waals surface area contributed by atoms with Gasteiger partial charge in [-0.25, -0.2) is 9.37 Å². The lowest BCUT2D eigenvalue weighted by molar-refractivity contribution is 0.628. The quantitative estimate of drug-likeness (QED) is 0.723. The number of nitrogen functional groups attached to an aromatic ring is 1. The summed E-state index contributed by atoms with van der Waals surface area (Å²) in [5, 5.41) is 16.5. The van der Waals surface area contributed by atoms with Crippen LogP contribution in [-0.4, -0.2) is 15.2 Å². The van der Waals surface area contributed by atoms with Crippen LogP contribution in [0.15, 0.2) is 30.5 Å². The van der Waals surface area contributed by atoms with E-state index in [9.17, 15) is 9.65 Å². The average Bonchev–Trinajstić information content (AvgIpc) is 3.03. The summed E-state index contributed by atoms with van der Waals surface area (Å²) < 4.78 is 13.2. The molecule has 4 rings (SSSR count). The maximum absolute atomic E-state index is 13.2. The first-order valence-corrected chi connectivity index (χ1v) is 7.20. The van der Waals surface area contributed by atoms with Gasteiger partial charge >= 0.3 is 0 Å². The monoisotopic (exact) mass is 305 g/mol. The minimum absolute atomic E-state index is 0.180. The lowest BCUT2D eigenvalue weighted by atomic mass is 9.86. The molecule has 1 aliphatic carbocycles. The van der Waals surface area contributed by atoms with E-state index in [1.54, 1.807) is 18.3 Å².